The molecule has 0 saturated heterocycles. The molecule has 4 aromatic rings. The third-order valence-electron chi connectivity index (χ3n) is 3.66. The number of aromatic nitrogens is 3. The van der Waals surface area contributed by atoms with Crippen molar-refractivity contribution in [2.45, 2.75) is 0 Å². The molecule has 122 valence electrons. The highest BCUT2D eigenvalue weighted by Gasteiger charge is 2.05. The first-order valence-corrected chi connectivity index (χ1v) is 8.53. The first kappa shape index (κ1) is 15.5. The minimum absolute atomic E-state index is 0.700. The number of halogens is 1. The monoisotopic (exact) mass is 391 g/mol. The van der Waals surface area contributed by atoms with Gasteiger partial charge in [0.05, 0.1) is 11.2 Å². The summed E-state index contributed by atoms with van der Waals surface area (Å²) in [6.45, 7) is 0. The van der Waals surface area contributed by atoms with E-state index in [1.165, 1.54) is 6.33 Å². The van der Waals surface area contributed by atoms with Gasteiger partial charge in [0, 0.05) is 27.8 Å². The molecule has 0 aliphatic carbocycles. The molecule has 2 aromatic carbocycles. The van der Waals surface area contributed by atoms with E-state index in [9.17, 15) is 0 Å². The summed E-state index contributed by atoms with van der Waals surface area (Å²) in [5, 5.41) is 7.67. The predicted octanol–water partition coefficient (Wildman–Crippen LogP) is 5.27. The zero-order valence-electron chi connectivity index (χ0n) is 13.1. The number of pyridine rings is 1. The molecule has 25 heavy (non-hydrogen) atoms. The topological polar surface area (TPSA) is 62.7 Å². The fourth-order valence-electron chi connectivity index (χ4n) is 2.55. The van der Waals surface area contributed by atoms with E-state index in [-0.39, 0.29) is 0 Å². The number of para-hydroxylation sites is 1. The summed E-state index contributed by atoms with van der Waals surface area (Å²) in [7, 11) is 0. The van der Waals surface area contributed by atoms with E-state index in [0.29, 0.717) is 11.6 Å². The summed E-state index contributed by atoms with van der Waals surface area (Å²) in [5.41, 5.74) is 2.76. The Balaban J connectivity index is 1.61. The Bertz CT molecular complexity index is 1030. The molecule has 5 nitrogen and oxygen atoms in total. The van der Waals surface area contributed by atoms with E-state index >= 15 is 0 Å². The highest BCUT2D eigenvalue weighted by Crippen LogP contribution is 2.25. The van der Waals surface area contributed by atoms with E-state index in [2.05, 4.69) is 41.5 Å². The van der Waals surface area contributed by atoms with Gasteiger partial charge >= 0.3 is 0 Å². The molecule has 0 spiro atoms. The molecule has 2 N–H and O–H groups in total. The zero-order chi connectivity index (χ0) is 17.1. The number of rotatable bonds is 4. The van der Waals surface area contributed by atoms with Crippen LogP contribution in [0.1, 0.15) is 0 Å². The molecule has 4 rings (SSSR count). The van der Waals surface area contributed by atoms with E-state index in [4.69, 9.17) is 0 Å². The summed E-state index contributed by atoms with van der Waals surface area (Å²) in [6.07, 6.45) is 3.31. The minimum Gasteiger partial charge on any atom is -0.340 e. The normalized spacial score (nSPS) is 10.6. The Morgan fingerprint density at radius 2 is 1.56 bits per heavy atom. The third kappa shape index (κ3) is 3.59. The van der Waals surface area contributed by atoms with Gasteiger partial charge in [-0.05, 0) is 30.3 Å². The van der Waals surface area contributed by atoms with Gasteiger partial charge in [-0.1, -0.05) is 40.2 Å². The van der Waals surface area contributed by atoms with E-state index in [1.54, 1.807) is 6.20 Å². The van der Waals surface area contributed by atoms with Crippen LogP contribution in [0.2, 0.25) is 0 Å². The second-order valence-electron chi connectivity index (χ2n) is 5.43. The quantitative estimate of drug-likeness (QED) is 0.495. The number of hydrogen-bond donors (Lipinski definition) is 2. The van der Waals surface area contributed by atoms with Crippen molar-refractivity contribution >= 4 is 49.8 Å². The first-order chi connectivity index (χ1) is 12.3. The fourth-order valence-corrected chi connectivity index (χ4v) is 2.95. The van der Waals surface area contributed by atoms with Gasteiger partial charge in [0.25, 0.3) is 0 Å². The molecule has 2 aromatic heterocycles. The van der Waals surface area contributed by atoms with Gasteiger partial charge in [0.1, 0.15) is 18.0 Å². The van der Waals surface area contributed by atoms with Gasteiger partial charge in [0.2, 0.25) is 0 Å². The van der Waals surface area contributed by atoms with Gasteiger partial charge in [0.15, 0.2) is 0 Å². The smallest absolute Gasteiger partial charge is 0.135 e. The zero-order valence-corrected chi connectivity index (χ0v) is 14.7. The van der Waals surface area contributed by atoms with Gasteiger partial charge in [-0.3, -0.25) is 4.98 Å². The van der Waals surface area contributed by atoms with Crippen LogP contribution in [-0.4, -0.2) is 15.0 Å². The van der Waals surface area contributed by atoms with Crippen LogP contribution in [0.3, 0.4) is 0 Å². The first-order valence-electron chi connectivity index (χ1n) is 7.73. The number of nitrogens with one attached hydrogen (secondary N) is 2. The molecule has 0 bridgehead atoms. The van der Waals surface area contributed by atoms with Crippen molar-refractivity contribution in [1.82, 2.24) is 15.0 Å². The van der Waals surface area contributed by atoms with Crippen LogP contribution in [0.25, 0.3) is 10.9 Å². The molecule has 0 aliphatic rings. The molecule has 0 unspecified atom stereocenters. The Hall–Kier alpha value is -2.99. The minimum atomic E-state index is 0.700. The Kier molecular flexibility index (Phi) is 4.26. The third-order valence-corrected chi connectivity index (χ3v) is 4.15. The average molecular weight is 392 g/mol. The van der Waals surface area contributed by atoms with Crippen molar-refractivity contribution in [3.05, 3.63) is 77.7 Å². The Morgan fingerprint density at radius 1 is 0.760 bits per heavy atom. The summed E-state index contributed by atoms with van der Waals surface area (Å²) in [5.74, 6) is 1.41. The maximum atomic E-state index is 4.45. The SMILES string of the molecule is Brc1cccc(Nc2cc(Nc3cccc4cccnc34)ncn2)c1. The second-order valence-corrected chi connectivity index (χ2v) is 6.35. The van der Waals surface area contributed by atoms with Gasteiger partial charge in [-0.25, -0.2) is 9.97 Å². The molecule has 2 heterocycles. The lowest BCUT2D eigenvalue weighted by Crippen LogP contribution is -1.99. The van der Waals surface area contributed by atoms with Crippen molar-refractivity contribution in [2.75, 3.05) is 10.6 Å². The summed E-state index contributed by atoms with van der Waals surface area (Å²) in [4.78, 5) is 13.0. The van der Waals surface area contributed by atoms with Gasteiger partial charge in [-0.2, -0.15) is 0 Å². The highest BCUT2D eigenvalue weighted by atomic mass is 79.9. The maximum Gasteiger partial charge on any atom is 0.135 e. The van der Waals surface area contributed by atoms with Crippen molar-refractivity contribution in [3.8, 4) is 0 Å². The second kappa shape index (κ2) is 6.86. The summed E-state index contributed by atoms with van der Waals surface area (Å²) >= 11 is 3.47. The fraction of sp³-hybridized carbons (Fsp3) is 0. The number of nitrogens with zero attached hydrogens (tertiary/aromatic N) is 3. The van der Waals surface area contributed by atoms with Crippen LogP contribution in [0, 0.1) is 0 Å². The molecule has 0 fully saturated rings. The maximum absolute atomic E-state index is 4.45. The van der Waals surface area contributed by atoms with E-state index < -0.39 is 0 Å². The Morgan fingerprint density at radius 3 is 2.44 bits per heavy atom. The molecule has 0 radical (unpaired) electrons. The van der Waals surface area contributed by atoms with Crippen LogP contribution in [0.5, 0.6) is 0 Å². The average Bonchev–Trinajstić information content (AvgIpc) is 2.62. The Labute approximate surface area is 153 Å². The summed E-state index contributed by atoms with van der Waals surface area (Å²) < 4.78 is 1.01. The molecule has 0 saturated carbocycles. The number of fused-ring (bicyclic) bond motifs is 1. The van der Waals surface area contributed by atoms with Crippen molar-refractivity contribution in [1.29, 1.82) is 0 Å². The predicted molar refractivity (Wildman–Crippen MR) is 104 cm³/mol. The molecule has 0 atom stereocenters. The molecular weight excluding hydrogens is 378 g/mol. The standard InChI is InChI=1S/C19H14BrN5/c20-14-6-2-7-15(10-14)24-17-11-18(23-12-22-17)25-16-8-1-4-13-5-3-9-21-19(13)16/h1-12H,(H2,22,23,24,25). The number of hydrogen-bond acceptors (Lipinski definition) is 5. The van der Waals surface area contributed by atoms with E-state index in [1.807, 2.05) is 60.7 Å². The van der Waals surface area contributed by atoms with Gasteiger partial charge < -0.3 is 10.6 Å². The van der Waals surface area contributed by atoms with Crippen LogP contribution in [0.15, 0.2) is 77.7 Å². The van der Waals surface area contributed by atoms with Crippen molar-refractivity contribution < 1.29 is 0 Å². The molecule has 6 heteroatoms. The number of anilines is 4. The lowest BCUT2D eigenvalue weighted by atomic mass is 10.2. The lowest BCUT2D eigenvalue weighted by Gasteiger charge is -2.10. The van der Waals surface area contributed by atoms with Crippen molar-refractivity contribution in [2.24, 2.45) is 0 Å². The van der Waals surface area contributed by atoms with E-state index in [0.717, 1.165) is 26.8 Å². The number of benzene rings is 2. The van der Waals surface area contributed by atoms with Crippen LogP contribution >= 0.6 is 15.9 Å². The van der Waals surface area contributed by atoms with Crippen LogP contribution in [-0.2, 0) is 0 Å². The van der Waals surface area contributed by atoms with Crippen molar-refractivity contribution in [3.63, 3.8) is 0 Å². The molecule has 0 amide bonds. The summed E-state index contributed by atoms with van der Waals surface area (Å²) in [6, 6.07) is 19.8. The van der Waals surface area contributed by atoms with Crippen LogP contribution in [0.4, 0.5) is 23.0 Å². The van der Waals surface area contributed by atoms with Gasteiger partial charge in [-0.15, -0.1) is 0 Å². The molecular formula is C19H14BrN5. The van der Waals surface area contributed by atoms with Crippen LogP contribution < -0.4 is 10.6 Å². The highest BCUT2D eigenvalue weighted by molar-refractivity contribution is 9.10. The largest absolute Gasteiger partial charge is 0.340 e. The lowest BCUT2D eigenvalue weighted by molar-refractivity contribution is 1.17. The molecule has 0 aliphatic heterocycles.